The Hall–Kier alpha value is -1.64. The smallest absolute Gasteiger partial charge is 0.381 e. The van der Waals surface area contributed by atoms with Crippen molar-refractivity contribution < 1.29 is 14.5 Å². The van der Waals surface area contributed by atoms with E-state index in [2.05, 4.69) is 4.74 Å². The summed E-state index contributed by atoms with van der Waals surface area (Å²) in [6.07, 6.45) is -0.118. The van der Waals surface area contributed by atoms with Gasteiger partial charge in [-0.3, -0.25) is 10.1 Å². The Kier molecular flexibility index (Phi) is 5.19. The average Bonchev–Trinajstić information content (AvgIpc) is 2.05. The van der Waals surface area contributed by atoms with Gasteiger partial charge in [0.2, 0.25) is 0 Å². The van der Waals surface area contributed by atoms with Gasteiger partial charge < -0.3 is 4.74 Å². The van der Waals surface area contributed by atoms with Crippen molar-refractivity contribution in [2.45, 2.75) is 25.8 Å². The lowest BCUT2D eigenvalue weighted by Gasteiger charge is -2.05. The third-order valence-electron chi connectivity index (χ3n) is 1.34. The fraction of sp³-hybridized carbons (Fsp3) is 0.714. The largest absolute Gasteiger partial charge is 0.461 e. The molecule has 0 saturated carbocycles. The minimum atomic E-state index is -1.40. The van der Waals surface area contributed by atoms with Crippen molar-refractivity contribution >= 4 is 5.97 Å². The highest BCUT2D eigenvalue weighted by atomic mass is 16.6. The summed E-state index contributed by atoms with van der Waals surface area (Å²) in [5.41, 5.74) is 0. The first kappa shape index (κ1) is 11.4. The third-order valence-corrected chi connectivity index (χ3v) is 1.34. The van der Waals surface area contributed by atoms with E-state index in [1.165, 1.54) is 0 Å². The molecular weight excluding hydrogens is 176 g/mol. The zero-order valence-corrected chi connectivity index (χ0v) is 7.23. The highest BCUT2D eigenvalue weighted by Gasteiger charge is 2.30. The molecule has 13 heavy (non-hydrogen) atoms. The number of carbonyl (C=O) groups excluding carboxylic acids is 1. The Bertz CT molecular complexity index is 233. The summed E-state index contributed by atoms with van der Waals surface area (Å²) in [7, 11) is 0. The fourth-order valence-corrected chi connectivity index (χ4v) is 0.749. The highest BCUT2D eigenvalue weighted by molar-refractivity contribution is 5.74. The van der Waals surface area contributed by atoms with Crippen LogP contribution in [0.1, 0.15) is 19.8 Å². The predicted molar refractivity (Wildman–Crippen MR) is 42.3 cm³/mol. The molecule has 1 atom stereocenters. The molecule has 0 fully saturated rings. The second-order valence-electron chi connectivity index (χ2n) is 2.25. The minimum Gasteiger partial charge on any atom is -0.461 e. The van der Waals surface area contributed by atoms with E-state index in [1.807, 2.05) is 0 Å². The number of nitro groups is 1. The van der Waals surface area contributed by atoms with Crippen LogP contribution in [0.4, 0.5) is 0 Å². The lowest BCUT2D eigenvalue weighted by molar-refractivity contribution is -0.511. The molecule has 0 radical (unpaired) electrons. The van der Waals surface area contributed by atoms with E-state index in [-0.39, 0.29) is 19.4 Å². The number of hydrogen-bond acceptors (Lipinski definition) is 5. The summed E-state index contributed by atoms with van der Waals surface area (Å²) in [5.74, 6) is -0.872. The van der Waals surface area contributed by atoms with Crippen LogP contribution in [0.2, 0.25) is 0 Å². The van der Waals surface area contributed by atoms with Gasteiger partial charge in [0.1, 0.15) is 0 Å². The monoisotopic (exact) mass is 186 g/mol. The third kappa shape index (κ3) is 4.06. The van der Waals surface area contributed by atoms with Crippen molar-refractivity contribution in [1.29, 1.82) is 5.26 Å². The van der Waals surface area contributed by atoms with Crippen LogP contribution in [0, 0.1) is 21.4 Å². The van der Waals surface area contributed by atoms with Crippen LogP contribution < -0.4 is 0 Å². The molecule has 0 heterocycles. The molecule has 0 aromatic carbocycles. The summed E-state index contributed by atoms with van der Waals surface area (Å²) in [4.78, 5) is 20.5. The molecule has 0 aromatic rings. The normalized spacial score (nSPS) is 11.4. The first-order chi connectivity index (χ1) is 6.13. The van der Waals surface area contributed by atoms with E-state index in [4.69, 9.17) is 5.26 Å². The van der Waals surface area contributed by atoms with Crippen molar-refractivity contribution in [2.24, 2.45) is 0 Å². The van der Waals surface area contributed by atoms with E-state index in [0.29, 0.717) is 0 Å². The van der Waals surface area contributed by atoms with Crippen molar-refractivity contribution in [1.82, 2.24) is 0 Å². The summed E-state index contributed by atoms with van der Waals surface area (Å²) in [6.45, 7) is 1.68. The molecule has 1 unspecified atom stereocenters. The van der Waals surface area contributed by atoms with Crippen molar-refractivity contribution in [3.63, 3.8) is 0 Å². The predicted octanol–water partition coefficient (Wildman–Crippen LogP) is 0.499. The number of rotatable bonds is 5. The molecule has 0 rings (SSSR count). The Morgan fingerprint density at radius 3 is 2.77 bits per heavy atom. The van der Waals surface area contributed by atoms with Gasteiger partial charge in [0.15, 0.2) is 0 Å². The molecule has 0 aliphatic carbocycles. The number of esters is 1. The SMILES string of the molecule is CCOC(=O)C(CCC#N)[N+](=O)[O-]. The van der Waals surface area contributed by atoms with Crippen LogP contribution in [0.3, 0.4) is 0 Å². The zero-order valence-electron chi connectivity index (χ0n) is 7.23. The van der Waals surface area contributed by atoms with Crippen molar-refractivity contribution in [3.05, 3.63) is 10.1 Å². The van der Waals surface area contributed by atoms with Gasteiger partial charge in [0.05, 0.1) is 12.7 Å². The van der Waals surface area contributed by atoms with Gasteiger partial charge in [-0.05, 0) is 6.92 Å². The van der Waals surface area contributed by atoms with E-state index < -0.39 is 16.9 Å². The number of nitrogens with zero attached hydrogens (tertiary/aromatic N) is 2. The van der Waals surface area contributed by atoms with Gasteiger partial charge in [-0.2, -0.15) is 5.26 Å². The standard InChI is InChI=1S/C7H10N2O4/c1-2-13-7(10)6(9(11)12)4-3-5-8/h6H,2-4H2,1H3. The maximum Gasteiger partial charge on any atom is 0.381 e. The van der Waals surface area contributed by atoms with E-state index in [9.17, 15) is 14.9 Å². The second-order valence-corrected chi connectivity index (χ2v) is 2.25. The minimum absolute atomic E-state index is 0.0234. The molecule has 0 bridgehead atoms. The molecule has 0 spiro atoms. The van der Waals surface area contributed by atoms with Crippen LogP contribution >= 0.6 is 0 Å². The van der Waals surface area contributed by atoms with Crippen LogP contribution in [0.25, 0.3) is 0 Å². The van der Waals surface area contributed by atoms with Crippen LogP contribution in [0.5, 0.6) is 0 Å². The fourth-order valence-electron chi connectivity index (χ4n) is 0.749. The summed E-state index contributed by atoms with van der Waals surface area (Å²) >= 11 is 0. The van der Waals surface area contributed by atoms with Gasteiger partial charge in [-0.1, -0.05) is 0 Å². The maximum absolute atomic E-state index is 10.9. The molecule has 0 amide bonds. The molecule has 0 aliphatic heterocycles. The molecule has 6 nitrogen and oxygen atoms in total. The molecule has 72 valence electrons. The van der Waals surface area contributed by atoms with Crippen LogP contribution in [-0.4, -0.2) is 23.5 Å². The Morgan fingerprint density at radius 2 is 2.38 bits per heavy atom. The van der Waals surface area contributed by atoms with Crippen LogP contribution in [-0.2, 0) is 9.53 Å². The quantitative estimate of drug-likeness (QED) is 0.354. The average molecular weight is 186 g/mol. The molecule has 6 heteroatoms. The van der Waals surface area contributed by atoms with Gasteiger partial charge in [-0.15, -0.1) is 0 Å². The molecular formula is C7H10N2O4. The van der Waals surface area contributed by atoms with Gasteiger partial charge in [0, 0.05) is 17.8 Å². The first-order valence-corrected chi connectivity index (χ1v) is 3.80. The topological polar surface area (TPSA) is 93.2 Å². The Balaban J connectivity index is 4.17. The summed E-state index contributed by atoms with van der Waals surface area (Å²) in [5, 5.41) is 18.5. The second kappa shape index (κ2) is 5.94. The van der Waals surface area contributed by atoms with Gasteiger partial charge in [-0.25, -0.2) is 4.79 Å². The molecule has 0 aliphatic rings. The molecule has 0 N–H and O–H groups in total. The highest BCUT2D eigenvalue weighted by Crippen LogP contribution is 2.03. The zero-order chi connectivity index (χ0) is 10.3. The van der Waals surface area contributed by atoms with Gasteiger partial charge in [0.25, 0.3) is 0 Å². The summed E-state index contributed by atoms with van der Waals surface area (Å²) < 4.78 is 4.47. The number of carbonyl (C=O) groups is 1. The lowest BCUT2D eigenvalue weighted by Crippen LogP contribution is -2.31. The van der Waals surface area contributed by atoms with E-state index >= 15 is 0 Å². The lowest BCUT2D eigenvalue weighted by atomic mass is 10.2. The van der Waals surface area contributed by atoms with Crippen LogP contribution in [0.15, 0.2) is 0 Å². The van der Waals surface area contributed by atoms with Crippen molar-refractivity contribution in [2.75, 3.05) is 6.61 Å². The summed E-state index contributed by atoms with van der Waals surface area (Å²) in [6, 6.07) is 0.335. The number of hydrogen-bond donors (Lipinski definition) is 0. The molecule has 0 saturated heterocycles. The van der Waals surface area contributed by atoms with Crippen molar-refractivity contribution in [3.8, 4) is 6.07 Å². The Labute approximate surface area is 75.2 Å². The number of ether oxygens (including phenoxy) is 1. The maximum atomic E-state index is 10.9. The van der Waals surface area contributed by atoms with E-state index in [0.717, 1.165) is 0 Å². The molecule has 0 aromatic heterocycles. The Morgan fingerprint density at radius 1 is 1.77 bits per heavy atom. The number of nitriles is 1. The van der Waals surface area contributed by atoms with E-state index in [1.54, 1.807) is 13.0 Å². The van der Waals surface area contributed by atoms with Gasteiger partial charge >= 0.3 is 12.0 Å². The first-order valence-electron chi connectivity index (χ1n) is 3.80.